The third-order valence-corrected chi connectivity index (χ3v) is 4.96. The smallest absolute Gasteiger partial charge is 0.181 e. The second kappa shape index (κ2) is 6.75. The number of hydrogen-bond donors (Lipinski definition) is 1. The zero-order chi connectivity index (χ0) is 18.9. The molecule has 28 heavy (non-hydrogen) atoms. The highest BCUT2D eigenvalue weighted by molar-refractivity contribution is 6.07. The van der Waals surface area contributed by atoms with Gasteiger partial charge in [0, 0.05) is 5.57 Å². The third kappa shape index (κ3) is 2.85. The van der Waals surface area contributed by atoms with Gasteiger partial charge >= 0.3 is 0 Å². The number of benzene rings is 4. The quantitative estimate of drug-likeness (QED) is 0.292. The van der Waals surface area contributed by atoms with E-state index in [4.69, 9.17) is 4.74 Å². The Kier molecular flexibility index (Phi) is 3.95. The van der Waals surface area contributed by atoms with Crippen molar-refractivity contribution in [2.45, 2.75) is 0 Å². The molecule has 0 spiro atoms. The molecule has 1 aliphatic rings. The van der Waals surface area contributed by atoms with E-state index in [2.05, 4.69) is 36.4 Å². The third-order valence-electron chi connectivity index (χ3n) is 4.96. The second-order valence-corrected chi connectivity index (χ2v) is 6.74. The molecule has 0 aromatic heterocycles. The molecule has 0 bridgehead atoms. The van der Waals surface area contributed by atoms with E-state index in [1.807, 2.05) is 60.7 Å². The van der Waals surface area contributed by atoms with Crippen LogP contribution in [0.1, 0.15) is 22.3 Å². The fourth-order valence-corrected chi connectivity index (χ4v) is 3.65. The van der Waals surface area contributed by atoms with Crippen LogP contribution in [0.25, 0.3) is 11.1 Å². The molecule has 4 aromatic carbocycles. The van der Waals surface area contributed by atoms with Gasteiger partial charge in [-0.3, -0.25) is 0 Å². The van der Waals surface area contributed by atoms with Crippen molar-refractivity contribution in [1.29, 1.82) is 0 Å². The first-order valence-corrected chi connectivity index (χ1v) is 9.27. The Hall–Kier alpha value is -3.78. The van der Waals surface area contributed by atoms with Gasteiger partial charge in [0.15, 0.2) is 11.5 Å². The molecular weight excluding hydrogens is 344 g/mol. The molecule has 1 heterocycles. The lowest BCUT2D eigenvalue weighted by Gasteiger charge is -2.18. The number of hydrogen-bond acceptors (Lipinski definition) is 2. The van der Waals surface area contributed by atoms with Gasteiger partial charge in [-0.05, 0) is 34.4 Å². The lowest BCUT2D eigenvalue weighted by atomic mass is 9.85. The molecule has 0 saturated heterocycles. The van der Waals surface area contributed by atoms with E-state index in [0.717, 1.165) is 44.9 Å². The van der Waals surface area contributed by atoms with Crippen molar-refractivity contribution in [3.63, 3.8) is 0 Å². The first kappa shape index (κ1) is 16.4. The topological polar surface area (TPSA) is 32.8 Å². The Morgan fingerprint density at radius 2 is 1.00 bits per heavy atom. The van der Waals surface area contributed by atoms with Crippen LogP contribution in [-0.4, -0.2) is 5.11 Å². The maximum Gasteiger partial charge on any atom is 0.181 e. The summed E-state index contributed by atoms with van der Waals surface area (Å²) in [6.07, 6.45) is 0. The van der Waals surface area contributed by atoms with Gasteiger partial charge in [0.05, 0.1) is 5.56 Å². The summed E-state index contributed by atoms with van der Waals surface area (Å²) in [6.45, 7) is 0. The molecular formula is C26H18O2. The van der Waals surface area contributed by atoms with E-state index in [0.29, 0.717) is 0 Å². The minimum Gasteiger partial charge on any atom is -0.507 e. The highest BCUT2D eigenvalue weighted by Gasteiger charge is 2.31. The summed E-state index contributed by atoms with van der Waals surface area (Å²) in [5.74, 6) is 1.80. The molecule has 5 rings (SSSR count). The lowest BCUT2D eigenvalue weighted by Crippen LogP contribution is -1.97. The summed E-state index contributed by atoms with van der Waals surface area (Å²) < 4.78 is 5.68. The zero-order valence-corrected chi connectivity index (χ0v) is 15.2. The van der Waals surface area contributed by atoms with E-state index in [1.54, 1.807) is 6.07 Å². The summed E-state index contributed by atoms with van der Waals surface area (Å²) in [7, 11) is 0. The van der Waals surface area contributed by atoms with Crippen LogP contribution in [0, 0.1) is 0 Å². The maximum atomic E-state index is 10.8. The molecule has 2 heteroatoms. The van der Waals surface area contributed by atoms with Gasteiger partial charge in [0.2, 0.25) is 0 Å². The fourth-order valence-electron chi connectivity index (χ4n) is 3.65. The van der Waals surface area contributed by atoms with Crippen molar-refractivity contribution in [3.05, 3.63) is 125 Å². The number of phenols is 1. The van der Waals surface area contributed by atoms with Crippen LogP contribution in [0.4, 0.5) is 0 Å². The van der Waals surface area contributed by atoms with Gasteiger partial charge in [-0.1, -0.05) is 91.0 Å². The first-order valence-electron chi connectivity index (χ1n) is 9.27. The summed E-state index contributed by atoms with van der Waals surface area (Å²) in [6, 6.07) is 34.3. The fraction of sp³-hybridized carbons (Fsp3) is 0. The van der Waals surface area contributed by atoms with Gasteiger partial charge in [0.25, 0.3) is 0 Å². The van der Waals surface area contributed by atoms with E-state index in [1.165, 1.54) is 0 Å². The minimum absolute atomic E-state index is 0.222. The number of rotatable bonds is 4. The van der Waals surface area contributed by atoms with Crippen LogP contribution in [0.15, 0.2) is 103 Å². The van der Waals surface area contributed by atoms with Gasteiger partial charge in [0.1, 0.15) is 5.75 Å². The average Bonchev–Trinajstić information content (AvgIpc) is 3.54. The van der Waals surface area contributed by atoms with Crippen LogP contribution in [-0.2, 0) is 0 Å². The summed E-state index contributed by atoms with van der Waals surface area (Å²) >= 11 is 0. The normalized spacial score (nSPS) is 11.3. The van der Waals surface area contributed by atoms with Gasteiger partial charge in [-0.25, -0.2) is 0 Å². The lowest BCUT2D eigenvalue weighted by molar-refractivity contribution is 0.473. The SMILES string of the molecule is Oc1ccc2c(c1C(=C(c1ccccc1)c1ccccc1)c1ccccc1)O2. The van der Waals surface area contributed by atoms with Crippen molar-refractivity contribution >= 4 is 11.1 Å². The Balaban J connectivity index is 1.91. The molecule has 2 nitrogen and oxygen atoms in total. The Morgan fingerprint density at radius 1 is 0.536 bits per heavy atom. The molecule has 0 saturated carbocycles. The average molecular weight is 362 g/mol. The van der Waals surface area contributed by atoms with Gasteiger partial charge in [-0.15, -0.1) is 0 Å². The summed E-state index contributed by atoms with van der Waals surface area (Å²) in [4.78, 5) is 0. The highest BCUT2D eigenvalue weighted by Crippen LogP contribution is 2.56. The second-order valence-electron chi connectivity index (χ2n) is 6.74. The van der Waals surface area contributed by atoms with Crippen molar-refractivity contribution in [2.75, 3.05) is 0 Å². The largest absolute Gasteiger partial charge is 0.507 e. The molecule has 0 fully saturated rings. The number of aromatic hydroxyl groups is 1. The first-order chi connectivity index (χ1) is 13.8. The van der Waals surface area contributed by atoms with Gasteiger partial charge in [-0.2, -0.15) is 0 Å². The minimum atomic E-state index is 0.222. The Bertz CT molecular complexity index is 1120. The van der Waals surface area contributed by atoms with Crippen molar-refractivity contribution in [1.82, 2.24) is 0 Å². The van der Waals surface area contributed by atoms with Gasteiger partial charge < -0.3 is 9.84 Å². The van der Waals surface area contributed by atoms with Crippen molar-refractivity contribution in [2.24, 2.45) is 0 Å². The highest BCUT2D eigenvalue weighted by atomic mass is 16.6. The maximum absolute atomic E-state index is 10.8. The van der Waals surface area contributed by atoms with Crippen LogP contribution in [0.2, 0.25) is 0 Å². The molecule has 1 aliphatic heterocycles. The van der Waals surface area contributed by atoms with Crippen molar-refractivity contribution < 1.29 is 9.84 Å². The predicted molar refractivity (Wildman–Crippen MR) is 113 cm³/mol. The number of phenolic OH excluding ortho intramolecular Hbond substituents is 1. The Labute approximate surface area is 164 Å². The van der Waals surface area contributed by atoms with E-state index in [9.17, 15) is 5.11 Å². The Morgan fingerprint density at radius 3 is 1.50 bits per heavy atom. The predicted octanol–water partition coefficient (Wildman–Crippen LogP) is 6.51. The molecule has 0 unspecified atom stereocenters. The van der Waals surface area contributed by atoms with Crippen LogP contribution in [0.5, 0.6) is 17.2 Å². The molecule has 4 aromatic rings. The number of fused-ring (bicyclic) bond motifs is 1. The molecule has 0 aliphatic carbocycles. The molecule has 0 radical (unpaired) electrons. The molecule has 0 amide bonds. The van der Waals surface area contributed by atoms with Crippen LogP contribution in [0.3, 0.4) is 0 Å². The molecule has 0 atom stereocenters. The van der Waals surface area contributed by atoms with E-state index >= 15 is 0 Å². The van der Waals surface area contributed by atoms with Crippen LogP contribution >= 0.6 is 0 Å². The standard InChI is InChI=1S/C26H18O2/c27-21-16-17-22-26(28-22)25(21)24(20-14-8-3-9-15-20)23(18-10-4-1-5-11-18)19-12-6-2-7-13-19/h1-17,27H. The molecule has 1 N–H and O–H groups in total. The molecule has 134 valence electrons. The van der Waals surface area contributed by atoms with Crippen molar-refractivity contribution in [3.8, 4) is 17.2 Å². The number of ether oxygens (including phenoxy) is 1. The van der Waals surface area contributed by atoms with Crippen LogP contribution < -0.4 is 4.74 Å². The summed E-state index contributed by atoms with van der Waals surface area (Å²) in [5, 5.41) is 10.8. The zero-order valence-electron chi connectivity index (χ0n) is 15.2. The van der Waals surface area contributed by atoms with E-state index < -0.39 is 0 Å². The van der Waals surface area contributed by atoms with E-state index in [-0.39, 0.29) is 5.75 Å². The summed E-state index contributed by atoms with van der Waals surface area (Å²) in [5.41, 5.74) is 5.97. The monoisotopic (exact) mass is 362 g/mol.